The van der Waals surface area contributed by atoms with E-state index >= 15 is 0 Å². The molecule has 0 saturated carbocycles. The molecule has 0 bridgehead atoms. The first-order valence-corrected chi connectivity index (χ1v) is 10.2. The van der Waals surface area contributed by atoms with Crippen molar-refractivity contribution in [2.45, 2.75) is 24.1 Å². The third kappa shape index (κ3) is 4.93. The number of hydrogen-bond acceptors (Lipinski definition) is 3. The predicted molar refractivity (Wildman–Crippen MR) is 105 cm³/mol. The van der Waals surface area contributed by atoms with Crippen LogP contribution in [0.5, 0.6) is 0 Å². The zero-order valence-corrected chi connectivity index (χ0v) is 16.6. The summed E-state index contributed by atoms with van der Waals surface area (Å²) in [7, 11) is -1.21. The largest absolute Gasteiger partial charge is 0.455 e. The van der Waals surface area contributed by atoms with Crippen molar-refractivity contribution < 1.29 is 13.4 Å². The van der Waals surface area contributed by atoms with Gasteiger partial charge in [0.2, 0.25) is 0 Å². The van der Waals surface area contributed by atoms with Gasteiger partial charge >= 0.3 is 0 Å². The molecule has 3 rings (SSSR count). The third-order valence-corrected chi connectivity index (χ3v) is 5.62. The van der Waals surface area contributed by atoms with E-state index in [1.165, 1.54) is 0 Å². The molecule has 6 heteroatoms. The van der Waals surface area contributed by atoms with Crippen LogP contribution >= 0.6 is 15.9 Å². The third-order valence-electron chi connectivity index (χ3n) is 3.78. The Balaban J connectivity index is 1.59. The summed E-state index contributed by atoms with van der Waals surface area (Å²) in [5.41, 5.74) is 2.10. The molecule has 4 nitrogen and oxygen atoms in total. The van der Waals surface area contributed by atoms with Crippen LogP contribution in [0.25, 0.3) is 0 Å². The van der Waals surface area contributed by atoms with E-state index in [9.17, 15) is 9.00 Å². The number of halogens is 1. The van der Waals surface area contributed by atoms with E-state index in [0.717, 1.165) is 20.5 Å². The van der Waals surface area contributed by atoms with Crippen LogP contribution in [0.4, 0.5) is 0 Å². The van der Waals surface area contributed by atoms with Crippen molar-refractivity contribution in [1.82, 2.24) is 5.32 Å². The van der Waals surface area contributed by atoms with Crippen LogP contribution in [-0.2, 0) is 23.1 Å². The van der Waals surface area contributed by atoms with E-state index in [4.69, 9.17) is 4.42 Å². The summed E-state index contributed by atoms with van der Waals surface area (Å²) in [5.74, 6) is 0.687. The van der Waals surface area contributed by atoms with Crippen LogP contribution in [0.1, 0.15) is 27.4 Å². The summed E-state index contributed by atoms with van der Waals surface area (Å²) in [6.45, 7) is 2.39. The van der Waals surface area contributed by atoms with Crippen molar-refractivity contribution in [3.63, 3.8) is 0 Å². The van der Waals surface area contributed by atoms with E-state index in [-0.39, 0.29) is 17.4 Å². The van der Waals surface area contributed by atoms with Gasteiger partial charge in [0.25, 0.3) is 5.91 Å². The first kappa shape index (κ1) is 18.6. The van der Waals surface area contributed by atoms with E-state index in [0.29, 0.717) is 12.3 Å². The lowest BCUT2D eigenvalue weighted by molar-refractivity contribution is 0.0921. The number of hydrogen-bond donors (Lipinski definition) is 1. The van der Waals surface area contributed by atoms with Gasteiger partial charge in [0.1, 0.15) is 5.76 Å². The standard InChI is InChI=1S/C20H18BrNO3S/c1-14-5-8-18(9-6-14)26(24)13-17-7-10-19(25-17)20(23)22-12-15-3-2-4-16(21)11-15/h2-11H,12-13H2,1H3,(H,22,23)/t26-/m0/s1. The van der Waals surface area contributed by atoms with Gasteiger partial charge in [-0.05, 0) is 48.9 Å². The summed E-state index contributed by atoms with van der Waals surface area (Å²) in [6, 6.07) is 18.6. The fraction of sp³-hybridized carbons (Fsp3) is 0.150. The Morgan fingerprint density at radius 3 is 2.62 bits per heavy atom. The van der Waals surface area contributed by atoms with E-state index in [1.807, 2.05) is 55.5 Å². The number of carbonyl (C=O) groups is 1. The smallest absolute Gasteiger partial charge is 0.287 e. The Labute approximate surface area is 163 Å². The lowest BCUT2D eigenvalue weighted by Gasteiger charge is -2.04. The molecule has 2 aromatic carbocycles. The maximum Gasteiger partial charge on any atom is 0.287 e. The fourth-order valence-electron chi connectivity index (χ4n) is 2.40. The molecule has 0 unspecified atom stereocenters. The molecule has 0 aliphatic heterocycles. The topological polar surface area (TPSA) is 59.3 Å². The second-order valence-electron chi connectivity index (χ2n) is 5.88. The van der Waals surface area contributed by atoms with Crippen LogP contribution in [0, 0.1) is 6.92 Å². The number of nitrogens with one attached hydrogen (secondary N) is 1. The van der Waals surface area contributed by atoms with E-state index in [2.05, 4.69) is 21.2 Å². The van der Waals surface area contributed by atoms with Gasteiger partial charge in [-0.2, -0.15) is 0 Å². The summed E-state index contributed by atoms with van der Waals surface area (Å²) in [5, 5.41) is 2.82. The summed E-state index contributed by atoms with van der Waals surface area (Å²) in [6.07, 6.45) is 0. The molecule has 26 heavy (non-hydrogen) atoms. The summed E-state index contributed by atoms with van der Waals surface area (Å²) < 4.78 is 18.9. The van der Waals surface area contributed by atoms with Crippen LogP contribution in [0.15, 0.2) is 74.4 Å². The number of carbonyl (C=O) groups excluding carboxylic acids is 1. The van der Waals surface area contributed by atoms with Crippen molar-refractivity contribution in [3.05, 3.63) is 87.8 Å². The number of furan rings is 1. The molecule has 134 valence electrons. The highest BCUT2D eigenvalue weighted by atomic mass is 79.9. The monoisotopic (exact) mass is 431 g/mol. The number of benzene rings is 2. The van der Waals surface area contributed by atoms with Crippen molar-refractivity contribution in [3.8, 4) is 0 Å². The first-order chi connectivity index (χ1) is 12.5. The van der Waals surface area contributed by atoms with E-state index in [1.54, 1.807) is 12.1 Å². The zero-order valence-electron chi connectivity index (χ0n) is 14.2. The van der Waals surface area contributed by atoms with Gasteiger partial charge in [-0.1, -0.05) is 45.8 Å². The molecular weight excluding hydrogens is 414 g/mol. The van der Waals surface area contributed by atoms with Crippen LogP contribution in [0.3, 0.4) is 0 Å². The highest BCUT2D eigenvalue weighted by Crippen LogP contribution is 2.16. The second kappa shape index (κ2) is 8.47. The lowest BCUT2D eigenvalue weighted by atomic mass is 10.2. The minimum Gasteiger partial charge on any atom is -0.455 e. The van der Waals surface area contributed by atoms with Gasteiger partial charge in [-0.15, -0.1) is 0 Å². The van der Waals surface area contributed by atoms with Crippen LogP contribution < -0.4 is 5.32 Å². The van der Waals surface area contributed by atoms with Gasteiger partial charge < -0.3 is 9.73 Å². The zero-order chi connectivity index (χ0) is 18.5. The van der Waals surface area contributed by atoms with Crippen LogP contribution in [0.2, 0.25) is 0 Å². The molecule has 0 spiro atoms. The normalized spacial score (nSPS) is 11.9. The molecule has 0 saturated heterocycles. The maximum absolute atomic E-state index is 12.4. The maximum atomic E-state index is 12.4. The first-order valence-electron chi connectivity index (χ1n) is 8.07. The van der Waals surface area contributed by atoms with Gasteiger partial charge in [0.15, 0.2) is 5.76 Å². The highest BCUT2D eigenvalue weighted by Gasteiger charge is 2.13. The predicted octanol–water partition coefficient (Wildman–Crippen LogP) is 4.59. The minimum atomic E-state index is -1.21. The van der Waals surface area contributed by atoms with E-state index < -0.39 is 10.8 Å². The number of rotatable bonds is 6. The Morgan fingerprint density at radius 2 is 1.88 bits per heavy atom. The minimum absolute atomic E-state index is 0.218. The summed E-state index contributed by atoms with van der Waals surface area (Å²) in [4.78, 5) is 13.0. The SMILES string of the molecule is Cc1ccc([S@@](=O)Cc2ccc(C(=O)NCc3cccc(Br)c3)o2)cc1. The number of amides is 1. The molecule has 0 radical (unpaired) electrons. The van der Waals surface area contributed by atoms with Gasteiger partial charge in [-0.25, -0.2) is 0 Å². The molecule has 1 N–H and O–H groups in total. The van der Waals surface area contributed by atoms with Crippen molar-refractivity contribution >= 4 is 32.6 Å². The molecule has 0 fully saturated rings. The fourth-order valence-corrected chi connectivity index (χ4v) is 3.86. The molecule has 1 amide bonds. The number of aryl methyl sites for hydroxylation is 1. The Kier molecular flexibility index (Phi) is 6.06. The van der Waals surface area contributed by atoms with Crippen molar-refractivity contribution in [2.24, 2.45) is 0 Å². The van der Waals surface area contributed by atoms with Crippen LogP contribution in [-0.4, -0.2) is 10.1 Å². The molecule has 1 heterocycles. The van der Waals surface area contributed by atoms with Gasteiger partial charge in [0.05, 0.1) is 16.6 Å². The van der Waals surface area contributed by atoms with Gasteiger partial charge in [-0.3, -0.25) is 9.00 Å². The average Bonchev–Trinajstić information content (AvgIpc) is 3.09. The average molecular weight is 432 g/mol. The summed E-state index contributed by atoms with van der Waals surface area (Å²) >= 11 is 3.40. The Bertz CT molecular complexity index is 934. The second-order valence-corrected chi connectivity index (χ2v) is 8.25. The van der Waals surface area contributed by atoms with Crippen molar-refractivity contribution in [2.75, 3.05) is 0 Å². The lowest BCUT2D eigenvalue weighted by Crippen LogP contribution is -2.22. The highest BCUT2D eigenvalue weighted by molar-refractivity contribution is 9.10. The Morgan fingerprint density at radius 1 is 1.12 bits per heavy atom. The van der Waals surface area contributed by atoms with Gasteiger partial charge in [0, 0.05) is 15.9 Å². The molecule has 0 aliphatic carbocycles. The molecule has 0 aliphatic rings. The molecular formula is C20H18BrNO3S. The quantitative estimate of drug-likeness (QED) is 0.620. The molecule has 1 atom stereocenters. The molecule has 3 aromatic rings. The van der Waals surface area contributed by atoms with Crippen molar-refractivity contribution in [1.29, 1.82) is 0 Å². The molecule has 1 aromatic heterocycles. The Hall–Kier alpha value is -2.18.